The normalized spacial score (nSPS) is 10.3. The predicted molar refractivity (Wildman–Crippen MR) is 80.5 cm³/mol. The van der Waals surface area contributed by atoms with E-state index in [1.807, 2.05) is 6.07 Å². The Balaban J connectivity index is 1.85. The summed E-state index contributed by atoms with van der Waals surface area (Å²) in [5.41, 5.74) is 2.74. The minimum Gasteiger partial charge on any atom is -0.497 e. The van der Waals surface area contributed by atoms with E-state index in [9.17, 15) is 4.79 Å². The van der Waals surface area contributed by atoms with E-state index in [1.165, 1.54) is 0 Å². The number of rotatable bonds is 3. The molecule has 21 heavy (non-hydrogen) atoms. The van der Waals surface area contributed by atoms with E-state index in [0.717, 1.165) is 11.0 Å². The summed E-state index contributed by atoms with van der Waals surface area (Å²) >= 11 is 0. The van der Waals surface area contributed by atoms with Crippen LogP contribution in [-0.2, 0) is 0 Å². The molecule has 0 unspecified atom stereocenters. The van der Waals surface area contributed by atoms with Gasteiger partial charge in [0.05, 0.1) is 18.1 Å². The molecule has 0 atom stereocenters. The van der Waals surface area contributed by atoms with Gasteiger partial charge in [-0.2, -0.15) is 0 Å². The Morgan fingerprint density at radius 3 is 2.67 bits per heavy atom. The van der Waals surface area contributed by atoms with Crippen LogP contribution in [0, 0.1) is 0 Å². The average Bonchev–Trinajstić information content (AvgIpc) is 2.54. The summed E-state index contributed by atoms with van der Waals surface area (Å²) in [6, 6.07) is 12.4. The molecule has 0 saturated carbocycles. The van der Waals surface area contributed by atoms with Crippen LogP contribution in [0.2, 0.25) is 0 Å². The fourth-order valence-corrected chi connectivity index (χ4v) is 2.01. The number of fused-ring (bicyclic) bond motifs is 1. The molecule has 5 heteroatoms. The monoisotopic (exact) mass is 279 g/mol. The predicted octanol–water partition coefficient (Wildman–Crippen LogP) is 2.89. The van der Waals surface area contributed by atoms with Crippen LogP contribution < -0.4 is 10.1 Å². The highest BCUT2D eigenvalue weighted by Crippen LogP contribution is 2.17. The Kier molecular flexibility index (Phi) is 3.47. The maximum Gasteiger partial charge on any atom is 0.255 e. The SMILES string of the molecule is COc1cccc(C(=O)Nc2ccc3nccnc3c2)c1. The van der Waals surface area contributed by atoms with Crippen molar-refractivity contribution in [1.29, 1.82) is 0 Å². The molecule has 2 aromatic carbocycles. The van der Waals surface area contributed by atoms with Gasteiger partial charge in [0.15, 0.2) is 0 Å². The van der Waals surface area contributed by atoms with E-state index < -0.39 is 0 Å². The standard InChI is InChI=1S/C16H13N3O2/c1-21-13-4-2-3-11(9-13)16(20)19-12-5-6-14-15(10-12)18-8-7-17-14/h2-10H,1H3,(H,19,20). The Hall–Kier alpha value is -2.95. The topological polar surface area (TPSA) is 64.1 Å². The number of methoxy groups -OCH3 is 1. The Morgan fingerprint density at radius 2 is 1.86 bits per heavy atom. The summed E-state index contributed by atoms with van der Waals surface area (Å²) in [5, 5.41) is 2.84. The van der Waals surface area contributed by atoms with Crippen LogP contribution in [0.5, 0.6) is 5.75 Å². The number of aromatic nitrogens is 2. The third-order valence-electron chi connectivity index (χ3n) is 3.06. The Bertz CT molecular complexity index is 802. The first-order valence-electron chi connectivity index (χ1n) is 6.42. The van der Waals surface area contributed by atoms with Crippen molar-refractivity contribution in [2.24, 2.45) is 0 Å². The Labute approximate surface area is 121 Å². The number of hydrogen-bond donors (Lipinski definition) is 1. The van der Waals surface area contributed by atoms with Crippen LogP contribution in [0.4, 0.5) is 5.69 Å². The van der Waals surface area contributed by atoms with Crippen LogP contribution in [0.3, 0.4) is 0 Å². The van der Waals surface area contributed by atoms with Crippen LogP contribution in [0.15, 0.2) is 54.9 Å². The third kappa shape index (κ3) is 2.81. The van der Waals surface area contributed by atoms with E-state index in [0.29, 0.717) is 17.0 Å². The molecule has 0 bridgehead atoms. The summed E-state index contributed by atoms with van der Waals surface area (Å²) in [6.07, 6.45) is 3.26. The van der Waals surface area contributed by atoms with Gasteiger partial charge in [0, 0.05) is 23.6 Å². The van der Waals surface area contributed by atoms with Gasteiger partial charge in [-0.1, -0.05) is 6.07 Å². The van der Waals surface area contributed by atoms with Gasteiger partial charge in [-0.05, 0) is 36.4 Å². The third-order valence-corrected chi connectivity index (χ3v) is 3.06. The van der Waals surface area contributed by atoms with Crippen LogP contribution in [-0.4, -0.2) is 23.0 Å². The van der Waals surface area contributed by atoms with E-state index in [4.69, 9.17) is 4.74 Å². The molecule has 104 valence electrons. The minimum atomic E-state index is -0.197. The first-order chi connectivity index (χ1) is 10.3. The largest absolute Gasteiger partial charge is 0.497 e. The molecule has 1 N–H and O–H groups in total. The van der Waals surface area contributed by atoms with Crippen molar-refractivity contribution in [2.75, 3.05) is 12.4 Å². The molecule has 3 aromatic rings. The van der Waals surface area contributed by atoms with Gasteiger partial charge in [0.25, 0.3) is 5.91 Å². The van der Waals surface area contributed by atoms with Gasteiger partial charge in [-0.25, -0.2) is 0 Å². The van der Waals surface area contributed by atoms with Gasteiger partial charge in [0.2, 0.25) is 0 Å². The summed E-state index contributed by atoms with van der Waals surface area (Å²) in [7, 11) is 1.57. The molecule has 0 aliphatic rings. The lowest BCUT2D eigenvalue weighted by molar-refractivity contribution is 0.102. The molecule has 1 heterocycles. The fraction of sp³-hybridized carbons (Fsp3) is 0.0625. The number of carbonyl (C=O) groups is 1. The minimum absolute atomic E-state index is 0.197. The maximum absolute atomic E-state index is 12.2. The summed E-state index contributed by atoms with van der Waals surface area (Å²) in [4.78, 5) is 20.6. The number of ether oxygens (including phenoxy) is 1. The highest BCUT2D eigenvalue weighted by Gasteiger charge is 2.07. The number of nitrogens with one attached hydrogen (secondary N) is 1. The quantitative estimate of drug-likeness (QED) is 0.800. The summed E-state index contributed by atoms with van der Waals surface area (Å²) < 4.78 is 5.11. The molecular weight excluding hydrogens is 266 g/mol. The molecule has 0 aliphatic carbocycles. The summed E-state index contributed by atoms with van der Waals surface area (Å²) in [5.74, 6) is 0.448. The molecule has 0 saturated heterocycles. The van der Waals surface area contributed by atoms with Crippen molar-refractivity contribution in [2.45, 2.75) is 0 Å². The lowest BCUT2D eigenvalue weighted by atomic mass is 10.2. The Morgan fingerprint density at radius 1 is 1.05 bits per heavy atom. The zero-order valence-corrected chi connectivity index (χ0v) is 11.4. The van der Waals surface area contributed by atoms with E-state index in [2.05, 4.69) is 15.3 Å². The fourth-order valence-electron chi connectivity index (χ4n) is 2.01. The zero-order valence-electron chi connectivity index (χ0n) is 11.4. The first-order valence-corrected chi connectivity index (χ1v) is 6.42. The van der Waals surface area contributed by atoms with Gasteiger partial charge in [0.1, 0.15) is 5.75 Å². The van der Waals surface area contributed by atoms with Crippen molar-refractivity contribution in [3.8, 4) is 5.75 Å². The molecule has 0 spiro atoms. The second-order valence-electron chi connectivity index (χ2n) is 4.45. The van der Waals surface area contributed by atoms with Crippen LogP contribution in [0.1, 0.15) is 10.4 Å². The van der Waals surface area contributed by atoms with E-state index in [1.54, 1.807) is 55.9 Å². The van der Waals surface area contributed by atoms with Crippen molar-refractivity contribution < 1.29 is 9.53 Å². The molecule has 5 nitrogen and oxygen atoms in total. The van der Waals surface area contributed by atoms with Crippen molar-refractivity contribution in [3.05, 3.63) is 60.4 Å². The van der Waals surface area contributed by atoms with Crippen LogP contribution in [0.25, 0.3) is 11.0 Å². The number of amides is 1. The molecule has 1 amide bonds. The maximum atomic E-state index is 12.2. The molecule has 0 radical (unpaired) electrons. The zero-order chi connectivity index (χ0) is 14.7. The van der Waals surface area contributed by atoms with Gasteiger partial charge in [-0.15, -0.1) is 0 Å². The van der Waals surface area contributed by atoms with Gasteiger partial charge >= 0.3 is 0 Å². The van der Waals surface area contributed by atoms with E-state index >= 15 is 0 Å². The molecule has 0 aliphatic heterocycles. The number of hydrogen-bond acceptors (Lipinski definition) is 4. The second kappa shape index (κ2) is 5.58. The van der Waals surface area contributed by atoms with Gasteiger partial charge in [-0.3, -0.25) is 14.8 Å². The first kappa shape index (κ1) is 13.1. The molecule has 3 rings (SSSR count). The van der Waals surface area contributed by atoms with Crippen molar-refractivity contribution in [3.63, 3.8) is 0 Å². The average molecular weight is 279 g/mol. The smallest absolute Gasteiger partial charge is 0.255 e. The highest BCUT2D eigenvalue weighted by molar-refractivity contribution is 6.05. The van der Waals surface area contributed by atoms with Gasteiger partial charge < -0.3 is 10.1 Å². The number of anilines is 1. The molecule has 0 fully saturated rings. The number of carbonyl (C=O) groups excluding carboxylic acids is 1. The highest BCUT2D eigenvalue weighted by atomic mass is 16.5. The molecule has 1 aromatic heterocycles. The van der Waals surface area contributed by atoms with Crippen molar-refractivity contribution >= 4 is 22.6 Å². The van der Waals surface area contributed by atoms with Crippen molar-refractivity contribution in [1.82, 2.24) is 9.97 Å². The lowest BCUT2D eigenvalue weighted by Gasteiger charge is -2.07. The number of benzene rings is 2. The van der Waals surface area contributed by atoms with Crippen LogP contribution >= 0.6 is 0 Å². The second-order valence-corrected chi connectivity index (χ2v) is 4.45. The summed E-state index contributed by atoms with van der Waals surface area (Å²) in [6.45, 7) is 0. The van der Waals surface area contributed by atoms with E-state index in [-0.39, 0.29) is 5.91 Å². The number of nitrogens with zero attached hydrogens (tertiary/aromatic N) is 2. The molecular formula is C16H13N3O2. The lowest BCUT2D eigenvalue weighted by Crippen LogP contribution is -2.11.